The molecule has 8 nitrogen and oxygen atoms in total. The second-order valence-electron chi connectivity index (χ2n) is 5.92. The minimum Gasteiger partial charge on any atom is -0.493 e. The molecule has 1 aromatic rings. The van der Waals surface area contributed by atoms with Crippen LogP contribution in [0, 0.1) is 0 Å². The lowest BCUT2D eigenvalue weighted by atomic mass is 10.0. The summed E-state index contributed by atoms with van der Waals surface area (Å²) >= 11 is 0. The molecular formula is C18H30N4O4. The fraction of sp³-hybridized carbons (Fsp3) is 0.611. The summed E-state index contributed by atoms with van der Waals surface area (Å²) in [6, 6.07) is 6.06. The zero-order valence-corrected chi connectivity index (χ0v) is 15.9. The van der Waals surface area contributed by atoms with Gasteiger partial charge in [-0.25, -0.2) is 0 Å². The fourth-order valence-electron chi connectivity index (χ4n) is 2.90. The van der Waals surface area contributed by atoms with E-state index < -0.39 is 0 Å². The summed E-state index contributed by atoms with van der Waals surface area (Å²) in [4.78, 5) is 6.88. The molecule has 0 aliphatic carbocycles. The van der Waals surface area contributed by atoms with Crippen LogP contribution < -0.4 is 20.5 Å². The molecule has 1 heterocycles. The van der Waals surface area contributed by atoms with E-state index in [1.807, 2.05) is 18.2 Å². The van der Waals surface area contributed by atoms with Crippen LogP contribution in [0.25, 0.3) is 0 Å². The molecule has 0 spiro atoms. The molecule has 146 valence electrons. The largest absolute Gasteiger partial charge is 0.493 e. The summed E-state index contributed by atoms with van der Waals surface area (Å²) in [6.45, 7) is 4.89. The molecule has 0 radical (unpaired) electrons. The van der Waals surface area contributed by atoms with Crippen molar-refractivity contribution in [2.24, 2.45) is 10.7 Å². The molecule has 1 saturated heterocycles. The topological polar surface area (TPSA) is 90.6 Å². The van der Waals surface area contributed by atoms with Gasteiger partial charge >= 0.3 is 0 Å². The summed E-state index contributed by atoms with van der Waals surface area (Å²) < 4.78 is 21.3. The predicted octanol–water partition coefficient (Wildman–Crippen LogP) is 0.628. The van der Waals surface area contributed by atoms with Gasteiger partial charge < -0.3 is 30.0 Å². The smallest absolute Gasteiger partial charge is 0.188 e. The Hall–Kier alpha value is -2.03. The minimum atomic E-state index is 0.0847. The van der Waals surface area contributed by atoms with Crippen LogP contribution in [0.5, 0.6) is 11.5 Å². The van der Waals surface area contributed by atoms with E-state index in [1.54, 1.807) is 21.3 Å². The van der Waals surface area contributed by atoms with Gasteiger partial charge in [-0.3, -0.25) is 9.89 Å². The van der Waals surface area contributed by atoms with Crippen LogP contribution in [0.1, 0.15) is 11.6 Å². The molecule has 0 saturated carbocycles. The normalized spacial score (nSPS) is 17.0. The van der Waals surface area contributed by atoms with Crippen molar-refractivity contribution < 1.29 is 18.9 Å². The predicted molar refractivity (Wildman–Crippen MR) is 101 cm³/mol. The van der Waals surface area contributed by atoms with Crippen molar-refractivity contribution in [3.05, 3.63) is 23.8 Å². The van der Waals surface area contributed by atoms with Crippen LogP contribution in [0.2, 0.25) is 0 Å². The lowest BCUT2D eigenvalue weighted by molar-refractivity contribution is 0.0179. The van der Waals surface area contributed by atoms with Gasteiger partial charge in [0.15, 0.2) is 17.5 Å². The highest BCUT2D eigenvalue weighted by atomic mass is 16.5. The van der Waals surface area contributed by atoms with Gasteiger partial charge in [0.25, 0.3) is 0 Å². The van der Waals surface area contributed by atoms with Crippen LogP contribution in [-0.2, 0) is 9.47 Å². The highest BCUT2D eigenvalue weighted by Gasteiger charge is 2.23. The Morgan fingerprint density at radius 1 is 1.23 bits per heavy atom. The van der Waals surface area contributed by atoms with Crippen molar-refractivity contribution in [1.29, 1.82) is 0 Å². The quantitative estimate of drug-likeness (QED) is 0.376. The molecule has 26 heavy (non-hydrogen) atoms. The molecule has 0 bridgehead atoms. The molecule has 1 unspecified atom stereocenters. The zero-order valence-electron chi connectivity index (χ0n) is 15.9. The molecule has 0 aromatic heterocycles. The third-order valence-electron chi connectivity index (χ3n) is 4.33. The second-order valence-corrected chi connectivity index (χ2v) is 5.92. The average molecular weight is 366 g/mol. The summed E-state index contributed by atoms with van der Waals surface area (Å²) in [7, 11) is 4.93. The van der Waals surface area contributed by atoms with Crippen molar-refractivity contribution >= 4 is 5.96 Å². The van der Waals surface area contributed by atoms with Crippen LogP contribution >= 0.6 is 0 Å². The molecule has 8 heteroatoms. The number of nitrogens with one attached hydrogen (secondary N) is 1. The molecule has 1 aliphatic rings. The number of hydrogen-bond donors (Lipinski definition) is 2. The first-order valence-corrected chi connectivity index (χ1v) is 8.76. The third-order valence-corrected chi connectivity index (χ3v) is 4.33. The van der Waals surface area contributed by atoms with E-state index in [1.165, 1.54) is 0 Å². The van der Waals surface area contributed by atoms with Gasteiger partial charge in [0.2, 0.25) is 0 Å². The average Bonchev–Trinajstić information content (AvgIpc) is 2.69. The maximum absolute atomic E-state index is 5.97. The SMILES string of the molecule is COCCNC(N)=NCC(c1ccc(OC)c(OC)c1)N1CCOCC1. The van der Waals surface area contributed by atoms with E-state index in [0.29, 0.717) is 37.2 Å². The number of aliphatic imine (C=N–C) groups is 1. The van der Waals surface area contributed by atoms with Crippen LogP contribution in [-0.4, -0.2) is 78.2 Å². The van der Waals surface area contributed by atoms with Gasteiger partial charge in [0, 0.05) is 26.7 Å². The third kappa shape index (κ3) is 5.76. The van der Waals surface area contributed by atoms with E-state index in [-0.39, 0.29) is 6.04 Å². The second kappa shape index (κ2) is 10.8. The van der Waals surface area contributed by atoms with E-state index >= 15 is 0 Å². The van der Waals surface area contributed by atoms with Gasteiger partial charge in [-0.1, -0.05) is 6.07 Å². The Morgan fingerprint density at radius 3 is 2.62 bits per heavy atom. The van der Waals surface area contributed by atoms with Crippen LogP contribution in [0.3, 0.4) is 0 Å². The van der Waals surface area contributed by atoms with Gasteiger partial charge in [0.1, 0.15) is 0 Å². The maximum Gasteiger partial charge on any atom is 0.188 e. The van der Waals surface area contributed by atoms with E-state index in [2.05, 4.69) is 15.2 Å². The zero-order chi connectivity index (χ0) is 18.8. The van der Waals surface area contributed by atoms with Crippen molar-refractivity contribution in [3.8, 4) is 11.5 Å². The number of nitrogens with two attached hydrogens (primary N) is 1. The van der Waals surface area contributed by atoms with Gasteiger partial charge in [-0.2, -0.15) is 0 Å². The number of hydrogen-bond acceptors (Lipinski definition) is 6. The molecule has 1 aliphatic heterocycles. The Labute approximate surface area is 155 Å². The Morgan fingerprint density at radius 2 is 1.96 bits per heavy atom. The lowest BCUT2D eigenvalue weighted by Crippen LogP contribution is -2.41. The molecule has 0 amide bonds. The minimum absolute atomic E-state index is 0.0847. The molecule has 1 atom stereocenters. The molecule has 2 rings (SSSR count). The number of benzene rings is 1. The summed E-state index contributed by atoms with van der Waals surface area (Å²) in [6.07, 6.45) is 0. The van der Waals surface area contributed by atoms with Crippen molar-refractivity contribution in [3.63, 3.8) is 0 Å². The van der Waals surface area contributed by atoms with Crippen LogP contribution in [0.4, 0.5) is 0 Å². The van der Waals surface area contributed by atoms with E-state index in [0.717, 1.165) is 31.9 Å². The van der Waals surface area contributed by atoms with Crippen molar-refractivity contribution in [2.75, 3.05) is 67.3 Å². The number of nitrogens with zero attached hydrogens (tertiary/aromatic N) is 2. The maximum atomic E-state index is 5.97. The number of morpholine rings is 1. The van der Waals surface area contributed by atoms with Gasteiger partial charge in [0.05, 0.1) is 46.6 Å². The Balaban J connectivity index is 2.16. The van der Waals surface area contributed by atoms with E-state index in [4.69, 9.17) is 24.7 Å². The standard InChI is InChI=1S/C18H30N4O4/c1-23-9-6-20-18(19)21-13-15(22-7-10-26-11-8-22)14-4-5-16(24-2)17(12-14)25-3/h4-5,12,15H,6-11,13H2,1-3H3,(H3,19,20,21). The van der Waals surface area contributed by atoms with Crippen molar-refractivity contribution in [1.82, 2.24) is 10.2 Å². The highest BCUT2D eigenvalue weighted by Crippen LogP contribution is 2.32. The number of rotatable bonds is 9. The monoisotopic (exact) mass is 366 g/mol. The number of methoxy groups -OCH3 is 3. The molecule has 1 fully saturated rings. The van der Waals surface area contributed by atoms with Crippen LogP contribution in [0.15, 0.2) is 23.2 Å². The first-order valence-electron chi connectivity index (χ1n) is 8.76. The number of ether oxygens (including phenoxy) is 4. The Kier molecular flexibility index (Phi) is 8.46. The fourth-order valence-corrected chi connectivity index (χ4v) is 2.90. The first-order chi connectivity index (χ1) is 12.7. The number of guanidine groups is 1. The summed E-state index contributed by atoms with van der Waals surface area (Å²) in [5.41, 5.74) is 7.08. The lowest BCUT2D eigenvalue weighted by Gasteiger charge is -2.34. The molecule has 1 aromatic carbocycles. The summed E-state index contributed by atoms with van der Waals surface area (Å²) in [5, 5.41) is 3.05. The molecular weight excluding hydrogens is 336 g/mol. The van der Waals surface area contributed by atoms with Gasteiger partial charge in [-0.15, -0.1) is 0 Å². The molecule has 3 N–H and O–H groups in total. The van der Waals surface area contributed by atoms with Crippen molar-refractivity contribution in [2.45, 2.75) is 6.04 Å². The Bertz CT molecular complexity index is 576. The first kappa shape index (κ1) is 20.3. The summed E-state index contributed by atoms with van der Waals surface area (Å²) in [5.74, 6) is 1.83. The van der Waals surface area contributed by atoms with E-state index in [9.17, 15) is 0 Å². The highest BCUT2D eigenvalue weighted by molar-refractivity contribution is 5.77. The van der Waals surface area contributed by atoms with Gasteiger partial charge in [-0.05, 0) is 17.7 Å².